The first kappa shape index (κ1) is 19.2. The lowest BCUT2D eigenvalue weighted by Gasteiger charge is -2.44. The molecule has 0 spiro atoms. The molecule has 0 saturated carbocycles. The number of nitrogens with two attached hydrogens (primary N) is 1. The minimum absolute atomic E-state index is 0.342. The molecule has 144 valence electrons. The van der Waals surface area contributed by atoms with E-state index in [2.05, 4.69) is 45.0 Å². The second-order valence-corrected chi connectivity index (χ2v) is 7.59. The maximum Gasteiger partial charge on any atom is 0.222 e. The Morgan fingerprint density at radius 2 is 1.77 bits per heavy atom. The van der Waals surface area contributed by atoms with Crippen LogP contribution in [0.4, 0.5) is 5.69 Å². The quantitative estimate of drug-likeness (QED) is 0.760. The molecule has 2 saturated heterocycles. The lowest BCUT2D eigenvalue weighted by molar-refractivity contribution is -0.133. The summed E-state index contributed by atoms with van der Waals surface area (Å²) in [6, 6.07) is 11.2. The van der Waals surface area contributed by atoms with Gasteiger partial charge in [0.25, 0.3) is 0 Å². The van der Waals surface area contributed by atoms with E-state index in [-0.39, 0.29) is 0 Å². The van der Waals surface area contributed by atoms with Crippen molar-refractivity contribution in [1.29, 1.82) is 0 Å². The van der Waals surface area contributed by atoms with E-state index >= 15 is 0 Å². The highest BCUT2D eigenvalue weighted by Gasteiger charge is 2.29. The lowest BCUT2D eigenvalue weighted by atomic mass is 10.0. The Hall–Kier alpha value is -1.59. The minimum Gasteiger partial charge on any atom is -0.369 e. The van der Waals surface area contributed by atoms with Crippen LogP contribution < -0.4 is 10.6 Å². The van der Waals surface area contributed by atoms with Gasteiger partial charge in [0.2, 0.25) is 5.91 Å². The van der Waals surface area contributed by atoms with Crippen molar-refractivity contribution in [2.24, 2.45) is 5.73 Å². The molecular weight excluding hydrogens is 324 g/mol. The van der Waals surface area contributed by atoms with E-state index in [9.17, 15) is 4.79 Å². The molecule has 1 aromatic carbocycles. The summed E-state index contributed by atoms with van der Waals surface area (Å²) in [7, 11) is 0. The number of piperidine rings is 1. The van der Waals surface area contributed by atoms with E-state index in [4.69, 9.17) is 5.73 Å². The molecule has 3 rings (SSSR count). The van der Waals surface area contributed by atoms with Crippen LogP contribution in [0, 0.1) is 0 Å². The molecular formula is C21H34N4O. The van der Waals surface area contributed by atoms with Gasteiger partial charge in [-0.05, 0) is 44.4 Å². The summed E-state index contributed by atoms with van der Waals surface area (Å²) in [4.78, 5) is 19.7. The van der Waals surface area contributed by atoms with Gasteiger partial charge in [0.15, 0.2) is 0 Å². The van der Waals surface area contributed by atoms with Crippen LogP contribution in [0.2, 0.25) is 0 Å². The fourth-order valence-corrected chi connectivity index (χ4v) is 4.22. The Balaban J connectivity index is 1.44. The second-order valence-electron chi connectivity index (χ2n) is 7.59. The predicted molar refractivity (Wildman–Crippen MR) is 107 cm³/mol. The zero-order valence-electron chi connectivity index (χ0n) is 16.0. The lowest BCUT2D eigenvalue weighted by Crippen LogP contribution is -2.55. The van der Waals surface area contributed by atoms with Gasteiger partial charge in [-0.1, -0.05) is 24.6 Å². The largest absolute Gasteiger partial charge is 0.369 e. The first-order chi connectivity index (χ1) is 12.8. The van der Waals surface area contributed by atoms with Crippen LogP contribution in [0.15, 0.2) is 30.3 Å². The van der Waals surface area contributed by atoms with Crippen LogP contribution in [0.1, 0.15) is 38.5 Å². The smallest absolute Gasteiger partial charge is 0.222 e. The third-order valence-electron chi connectivity index (χ3n) is 5.80. The van der Waals surface area contributed by atoms with Crippen LogP contribution in [-0.4, -0.2) is 67.6 Å². The van der Waals surface area contributed by atoms with Gasteiger partial charge in [0.05, 0.1) is 0 Å². The molecule has 2 heterocycles. The molecule has 2 fully saturated rings. The van der Waals surface area contributed by atoms with Crippen LogP contribution >= 0.6 is 0 Å². The first-order valence-electron chi connectivity index (χ1n) is 10.3. The molecule has 1 aromatic rings. The van der Waals surface area contributed by atoms with Crippen molar-refractivity contribution in [2.45, 2.75) is 44.6 Å². The van der Waals surface area contributed by atoms with Crippen molar-refractivity contribution < 1.29 is 4.79 Å². The molecule has 1 amide bonds. The number of likely N-dealkylation sites (tertiary alicyclic amines) is 1. The van der Waals surface area contributed by atoms with Gasteiger partial charge in [-0.3, -0.25) is 9.69 Å². The zero-order chi connectivity index (χ0) is 18.2. The number of hydrogen-bond acceptors (Lipinski definition) is 4. The zero-order valence-corrected chi connectivity index (χ0v) is 16.0. The standard InChI is InChI=1S/C21H34N4O/c22-12-6-2-5-11-21(26)25-13-7-10-20(18-25)24-16-14-23(15-17-24)19-8-3-1-4-9-19/h1,3-4,8-9,20H,2,5-7,10-18,22H2/t20-/m1/s1. The molecule has 2 aliphatic rings. The van der Waals surface area contributed by atoms with Crippen molar-refractivity contribution in [3.05, 3.63) is 30.3 Å². The number of para-hydroxylation sites is 1. The van der Waals surface area contributed by atoms with Crippen molar-refractivity contribution in [3.63, 3.8) is 0 Å². The molecule has 0 bridgehead atoms. The third kappa shape index (κ3) is 5.21. The Labute approximate surface area is 158 Å². The second kappa shape index (κ2) is 9.93. The van der Waals surface area contributed by atoms with E-state index in [0.29, 0.717) is 18.4 Å². The fourth-order valence-electron chi connectivity index (χ4n) is 4.22. The van der Waals surface area contributed by atoms with Gasteiger partial charge in [0, 0.05) is 57.4 Å². The van der Waals surface area contributed by atoms with E-state index in [1.165, 1.54) is 12.1 Å². The average molecular weight is 359 g/mol. The molecule has 2 N–H and O–H groups in total. The number of carbonyl (C=O) groups excluding carboxylic acids is 1. The summed E-state index contributed by atoms with van der Waals surface area (Å²) in [6.45, 7) is 6.93. The highest BCUT2D eigenvalue weighted by atomic mass is 16.2. The summed E-state index contributed by atoms with van der Waals surface area (Å²) in [5, 5.41) is 0. The van der Waals surface area contributed by atoms with Crippen LogP contribution in [0.3, 0.4) is 0 Å². The first-order valence-corrected chi connectivity index (χ1v) is 10.3. The summed E-state index contributed by atoms with van der Waals surface area (Å²) in [5.41, 5.74) is 6.86. The maximum absolute atomic E-state index is 12.5. The summed E-state index contributed by atoms with van der Waals surface area (Å²) < 4.78 is 0. The highest BCUT2D eigenvalue weighted by molar-refractivity contribution is 5.76. The number of hydrogen-bond donors (Lipinski definition) is 1. The monoisotopic (exact) mass is 358 g/mol. The maximum atomic E-state index is 12.5. The van der Waals surface area contributed by atoms with Gasteiger partial charge in [0.1, 0.15) is 0 Å². The summed E-state index contributed by atoms with van der Waals surface area (Å²) >= 11 is 0. The van der Waals surface area contributed by atoms with E-state index in [0.717, 1.165) is 71.5 Å². The predicted octanol–water partition coefficient (Wildman–Crippen LogP) is 2.32. The number of benzene rings is 1. The molecule has 1 atom stereocenters. The Morgan fingerprint density at radius 3 is 2.50 bits per heavy atom. The van der Waals surface area contributed by atoms with Crippen molar-refractivity contribution in [2.75, 3.05) is 50.7 Å². The van der Waals surface area contributed by atoms with E-state index < -0.39 is 0 Å². The normalized spacial score (nSPS) is 21.8. The van der Waals surface area contributed by atoms with Crippen molar-refractivity contribution >= 4 is 11.6 Å². The average Bonchev–Trinajstić information content (AvgIpc) is 2.72. The Bertz CT molecular complexity index is 542. The number of rotatable bonds is 7. The highest BCUT2D eigenvalue weighted by Crippen LogP contribution is 2.21. The summed E-state index contributed by atoms with van der Waals surface area (Å²) in [5.74, 6) is 0.342. The molecule has 0 unspecified atom stereocenters. The molecule has 0 aromatic heterocycles. The SMILES string of the molecule is NCCCCCC(=O)N1CCC[C@@H](N2CCN(c3ccccc3)CC2)C1. The molecule has 2 aliphatic heterocycles. The van der Waals surface area contributed by atoms with E-state index in [1.807, 2.05) is 0 Å². The third-order valence-corrected chi connectivity index (χ3v) is 5.80. The Kier molecular flexibility index (Phi) is 7.32. The van der Waals surface area contributed by atoms with E-state index in [1.54, 1.807) is 0 Å². The number of nitrogens with zero attached hydrogens (tertiary/aromatic N) is 3. The van der Waals surface area contributed by atoms with Crippen molar-refractivity contribution in [1.82, 2.24) is 9.80 Å². The van der Waals surface area contributed by atoms with Gasteiger partial charge in [-0.2, -0.15) is 0 Å². The molecule has 0 radical (unpaired) electrons. The number of carbonyl (C=O) groups is 1. The van der Waals surface area contributed by atoms with Crippen LogP contribution in [0.25, 0.3) is 0 Å². The fraction of sp³-hybridized carbons (Fsp3) is 0.667. The minimum atomic E-state index is 0.342. The number of anilines is 1. The number of unbranched alkanes of at least 4 members (excludes halogenated alkanes) is 2. The van der Waals surface area contributed by atoms with Crippen LogP contribution in [0.5, 0.6) is 0 Å². The molecule has 0 aliphatic carbocycles. The molecule has 26 heavy (non-hydrogen) atoms. The molecule has 5 nitrogen and oxygen atoms in total. The molecule has 5 heteroatoms. The van der Waals surface area contributed by atoms with Crippen molar-refractivity contribution in [3.8, 4) is 0 Å². The van der Waals surface area contributed by atoms with Gasteiger partial charge in [-0.25, -0.2) is 0 Å². The number of amides is 1. The van der Waals surface area contributed by atoms with Gasteiger partial charge >= 0.3 is 0 Å². The summed E-state index contributed by atoms with van der Waals surface area (Å²) in [6.07, 6.45) is 6.13. The topological polar surface area (TPSA) is 52.8 Å². The van der Waals surface area contributed by atoms with Crippen LogP contribution in [-0.2, 0) is 4.79 Å². The number of piperazine rings is 1. The van der Waals surface area contributed by atoms with Gasteiger partial charge in [-0.15, -0.1) is 0 Å². The Morgan fingerprint density at radius 1 is 1.00 bits per heavy atom. The van der Waals surface area contributed by atoms with Gasteiger partial charge < -0.3 is 15.5 Å².